The standard InChI is InChI=1S/C63H41N4O2.C63H40N4O2.4Li/c68-61-49(33-30-44-10-8-36-64-59(44)61)40-20-24-42(25-21-40)57-51-14-4-5-15-52(51)58(43-26-22-41(23-27-43)50-34-31-45-11-9-37-65-60(45)62(50)69)54-38-47(32-35-53(54)57)39-18-28-46(29-19-39)63-66-55-16-6-7-17-56(55)67(63)48-12-2-1-3-13-48;68-57-34-32-47(52-14-8-36-64-61(52)57)40-20-24-42(25-21-40)59-49-12-4-5-13-50(49)60(43-26-22-41(23-27-43)48-33-35-58(69)62-53(48)15-9-37-65-62)54-38-45(30-31-51(54)59)39-18-28-44(29-19-39)63-66-55-16-6-7-17-56(55)67(63)46-10-2-1-3-11-46;;;;/h1-38,59,61,69H;1-38,68-69H;;;;/q-1;;4*+1/p+1. The van der Waals surface area contributed by atoms with Gasteiger partial charge in [-0.05, 0) is 269 Å². The summed E-state index contributed by atoms with van der Waals surface area (Å²) in [4.78, 5) is 23.0. The van der Waals surface area contributed by atoms with Crippen molar-refractivity contribution in [2.45, 2.75) is 12.1 Å². The van der Waals surface area contributed by atoms with Gasteiger partial charge >= 0.3 is 75.4 Å². The van der Waals surface area contributed by atoms with Crippen LogP contribution in [0, 0.1) is 0 Å². The largest absolute Gasteiger partial charge is 1.00 e. The predicted octanol–water partition coefficient (Wildman–Crippen LogP) is 12.3. The van der Waals surface area contributed by atoms with Crippen molar-refractivity contribution in [3.05, 3.63) is 467 Å². The molecule has 12 nitrogen and oxygen atoms in total. The number of nitrogens with zero attached hydrogens (tertiary/aromatic N) is 4. The first-order chi connectivity index (χ1) is 68.1. The van der Waals surface area contributed by atoms with Crippen molar-refractivity contribution in [2.24, 2.45) is 0 Å². The minimum atomic E-state index is -0.929. The van der Waals surface area contributed by atoms with Crippen molar-refractivity contribution < 1.29 is 116 Å². The Labute approximate surface area is 867 Å². The molecule has 0 saturated carbocycles. The van der Waals surface area contributed by atoms with Gasteiger partial charge in [0.1, 0.15) is 11.6 Å². The van der Waals surface area contributed by atoms with Crippen LogP contribution in [-0.2, 0) is 0 Å². The van der Waals surface area contributed by atoms with Crippen molar-refractivity contribution in [2.75, 3.05) is 0 Å². The van der Waals surface area contributed by atoms with Gasteiger partial charge in [0.25, 0.3) is 0 Å². The van der Waals surface area contributed by atoms with E-state index in [9.17, 15) is 20.4 Å². The number of allylic oxidation sites excluding steroid dienone is 3. The summed E-state index contributed by atoms with van der Waals surface area (Å²) in [6.45, 7) is 0. The van der Waals surface area contributed by atoms with Gasteiger partial charge in [0.05, 0.1) is 32.8 Å². The van der Waals surface area contributed by atoms with Crippen LogP contribution >= 0.6 is 0 Å². The number of H-pyrrole nitrogens is 3. The molecule has 24 aromatic rings. The molecule has 0 spiro atoms. The molecule has 4 N–H and O–H groups in total. The smallest absolute Gasteiger partial charge is 0.868 e. The second kappa shape index (κ2) is 39.0. The number of hydrogen-bond donors (Lipinski definition) is 1. The van der Waals surface area contributed by atoms with Crippen LogP contribution in [0.2, 0.25) is 0 Å². The Hall–Kier alpha value is -16.0. The normalized spacial score (nSPS) is 13.1. The van der Waals surface area contributed by atoms with E-state index in [-0.39, 0.29) is 98.7 Å². The van der Waals surface area contributed by atoms with Crippen LogP contribution in [-0.4, -0.2) is 37.5 Å². The van der Waals surface area contributed by atoms with Crippen LogP contribution < -0.4 is 116 Å². The van der Waals surface area contributed by atoms with E-state index < -0.39 is 6.10 Å². The van der Waals surface area contributed by atoms with E-state index in [0.29, 0.717) is 22.1 Å². The Balaban J connectivity index is 0.000000163. The number of aromatic nitrogens is 7. The monoisotopic (exact) mass is 1800 g/mol. The van der Waals surface area contributed by atoms with E-state index in [1.54, 1.807) is 30.7 Å². The quantitative estimate of drug-likeness (QED) is 0.0834. The van der Waals surface area contributed by atoms with Crippen LogP contribution in [0.1, 0.15) is 5.56 Å². The molecule has 650 valence electrons. The van der Waals surface area contributed by atoms with E-state index in [1.165, 1.54) is 0 Å². The topological polar surface area (TPSA) is 184 Å². The van der Waals surface area contributed by atoms with Crippen molar-refractivity contribution >= 4 is 110 Å². The molecule has 19 aromatic carbocycles. The van der Waals surface area contributed by atoms with Gasteiger partial charge in [-0.15, -0.1) is 0 Å². The number of fused-ring (bicyclic) bond motifs is 10. The first kappa shape index (κ1) is 92.4. The molecule has 6 heterocycles. The van der Waals surface area contributed by atoms with Gasteiger partial charge in [-0.25, -0.2) is 29.9 Å². The fraction of sp³-hybridized carbons (Fsp3) is 0.0159. The molecule has 0 amide bonds. The first-order valence-electron chi connectivity index (χ1n) is 46.4. The second-order valence-electron chi connectivity index (χ2n) is 35.4. The Morgan fingerprint density at radius 2 is 0.613 bits per heavy atom. The second-order valence-corrected chi connectivity index (χ2v) is 35.4. The number of para-hydroxylation sites is 6. The number of pyridine rings is 3. The molecule has 16 heteroatoms. The van der Waals surface area contributed by atoms with Gasteiger partial charge in [0.2, 0.25) is 16.6 Å². The number of aromatic amines is 3. The van der Waals surface area contributed by atoms with Gasteiger partial charge < -0.3 is 20.4 Å². The maximum absolute atomic E-state index is 13.8. The predicted molar refractivity (Wildman–Crippen MR) is 552 cm³/mol. The maximum Gasteiger partial charge on any atom is 1.00 e. The minimum absolute atomic E-state index is 0. The van der Waals surface area contributed by atoms with Crippen LogP contribution in [0.4, 0.5) is 0 Å². The van der Waals surface area contributed by atoms with E-state index in [1.807, 2.05) is 109 Å². The summed E-state index contributed by atoms with van der Waals surface area (Å²) in [6, 6.07) is 143. The molecule has 1 aliphatic carbocycles. The summed E-state index contributed by atoms with van der Waals surface area (Å²) in [6.07, 6.45) is 14.3. The van der Waals surface area contributed by atoms with Crippen LogP contribution in [0.5, 0.6) is 17.2 Å². The molecule has 2 atom stereocenters. The summed E-state index contributed by atoms with van der Waals surface area (Å²) in [5, 5.41) is 64.8. The number of imidazole rings is 2. The molecular formula is C126H82Li4N8O4+4. The van der Waals surface area contributed by atoms with E-state index in [4.69, 9.17) is 9.97 Å². The molecule has 0 fully saturated rings. The molecule has 0 radical (unpaired) electrons. The van der Waals surface area contributed by atoms with Crippen molar-refractivity contribution in [3.63, 3.8) is 0 Å². The minimum Gasteiger partial charge on any atom is -0.868 e. The molecular weight excluding hydrogens is 1720 g/mol. The van der Waals surface area contributed by atoms with Crippen molar-refractivity contribution in [3.8, 4) is 152 Å². The number of nitrogens with one attached hydrogen (secondary N) is 4. The van der Waals surface area contributed by atoms with Crippen molar-refractivity contribution in [1.29, 1.82) is 0 Å². The van der Waals surface area contributed by atoms with Crippen LogP contribution in [0.3, 0.4) is 0 Å². The Morgan fingerprint density at radius 1 is 0.268 bits per heavy atom. The molecule has 2 unspecified atom stereocenters. The summed E-state index contributed by atoms with van der Waals surface area (Å²) in [5.41, 5.74) is 31.5. The van der Waals surface area contributed by atoms with Gasteiger partial charge in [-0.1, -0.05) is 322 Å². The molecule has 0 saturated heterocycles. The fourth-order valence-electron chi connectivity index (χ4n) is 20.9. The zero-order valence-corrected chi connectivity index (χ0v) is 78.5. The summed E-state index contributed by atoms with van der Waals surface area (Å²) in [7, 11) is 0. The average molecular weight is 1800 g/mol. The number of rotatable bonds is 14. The third-order valence-corrected chi connectivity index (χ3v) is 27.6. The Kier molecular flexibility index (Phi) is 25.4. The SMILES string of the molecule is [Li+].[Li+].[Li+].[Li+].[O-]c1c(-c2ccc(-c3c4ccccc4c(-c4ccc(C5=CC=C6C=CC=[NH+]C6C5[O-])cc4)c4ccc(-c5ccc(-c6nc7ccccc7n6-c6ccccc6)cc5)cc34)cc2)ccc2ccc[nH+]c12.[O-]c1ccc(-c2ccc(-c3c4ccccc4c(-c4ccc(-c5ccc([O-])c6[nH+]cccc56)cc4)c4cc(-c5ccc(-c6nc7ccccc7n6-c6ccccc6)cc5)ccc34)cc2)c2ccc[nH+]c12. The number of benzene rings is 19. The van der Waals surface area contributed by atoms with E-state index >= 15 is 0 Å². The zero-order chi connectivity index (χ0) is 92.0. The molecule has 5 aromatic heterocycles. The van der Waals surface area contributed by atoms with Gasteiger partial charge in [-0.3, -0.25) is 9.13 Å². The third kappa shape index (κ3) is 16.4. The van der Waals surface area contributed by atoms with Crippen LogP contribution in [0.15, 0.2) is 461 Å². The van der Waals surface area contributed by atoms with E-state index in [0.717, 1.165) is 227 Å². The van der Waals surface area contributed by atoms with E-state index in [2.05, 4.69) is 351 Å². The Morgan fingerprint density at radius 3 is 1.06 bits per heavy atom. The van der Waals surface area contributed by atoms with Gasteiger partial charge in [-0.2, -0.15) is 0 Å². The summed E-state index contributed by atoms with van der Waals surface area (Å²) >= 11 is 0. The summed E-state index contributed by atoms with van der Waals surface area (Å²) in [5.74, 6) is 1.71. The maximum atomic E-state index is 13.8. The molecule has 0 bridgehead atoms. The van der Waals surface area contributed by atoms with Gasteiger partial charge in [0.15, 0.2) is 30.8 Å². The van der Waals surface area contributed by atoms with Gasteiger partial charge in [0, 0.05) is 57.7 Å². The molecule has 26 rings (SSSR count). The fourth-order valence-corrected chi connectivity index (χ4v) is 20.9. The molecule has 2 aliphatic rings. The zero-order valence-electron chi connectivity index (χ0n) is 78.5. The van der Waals surface area contributed by atoms with Crippen LogP contribution in [0.25, 0.3) is 238 Å². The molecule has 1 aliphatic heterocycles. The Bertz CT molecular complexity index is 9170. The first-order valence-corrected chi connectivity index (χ1v) is 46.4. The molecule has 142 heavy (non-hydrogen) atoms. The average Bonchev–Trinajstić information content (AvgIpc) is 0.844. The van der Waals surface area contributed by atoms with Crippen molar-refractivity contribution in [1.82, 2.24) is 19.1 Å². The number of hydrogen-bond acceptors (Lipinski definition) is 6. The summed E-state index contributed by atoms with van der Waals surface area (Å²) < 4.78 is 4.47. The third-order valence-electron chi connectivity index (χ3n) is 27.6.